The molecular weight excluding hydrogens is 532 g/mol. The predicted octanol–water partition coefficient (Wildman–Crippen LogP) is 3.06. The van der Waals surface area contributed by atoms with E-state index in [9.17, 15) is 30.0 Å². The summed E-state index contributed by atoms with van der Waals surface area (Å²) in [6.07, 6.45) is 3.91. The van der Waals surface area contributed by atoms with Gasteiger partial charge in [-0.3, -0.25) is 0 Å². The summed E-state index contributed by atoms with van der Waals surface area (Å²) >= 11 is 3.41. The van der Waals surface area contributed by atoms with Crippen LogP contribution in [0.5, 0.6) is 23.0 Å². The van der Waals surface area contributed by atoms with Crippen molar-refractivity contribution in [1.29, 1.82) is 0 Å². The summed E-state index contributed by atoms with van der Waals surface area (Å²) in [4.78, 5) is 25.5. The molecule has 0 aliphatic rings. The van der Waals surface area contributed by atoms with Crippen LogP contribution in [0, 0.1) is 0 Å². The highest BCUT2D eigenvalue weighted by molar-refractivity contribution is 7.98. The molecule has 0 fully saturated rings. The maximum Gasteiger partial charge on any atom is 0.418 e. The zero-order valence-corrected chi connectivity index (χ0v) is 23.1. The zero-order valence-electron chi connectivity index (χ0n) is 21.5. The second-order valence-electron chi connectivity index (χ2n) is 8.39. The van der Waals surface area contributed by atoms with Crippen LogP contribution in [0.2, 0.25) is 0 Å². The largest absolute Gasteiger partial charge is 0.504 e. The van der Waals surface area contributed by atoms with Crippen LogP contribution in [-0.2, 0) is 19.1 Å². The molecule has 0 radical (unpaired) electrons. The van der Waals surface area contributed by atoms with Crippen LogP contribution < -0.4 is 10.6 Å². The van der Waals surface area contributed by atoms with E-state index in [1.165, 1.54) is 36.4 Å². The zero-order chi connectivity index (χ0) is 27.9. The Balaban J connectivity index is 2.12. The molecule has 10 nitrogen and oxygen atoms in total. The average Bonchev–Trinajstić information content (AvgIpc) is 2.90. The fourth-order valence-electron chi connectivity index (χ4n) is 3.44. The van der Waals surface area contributed by atoms with Gasteiger partial charge in [-0.2, -0.15) is 23.5 Å². The van der Waals surface area contributed by atoms with E-state index >= 15 is 0 Å². The average molecular weight is 569 g/mol. The molecule has 0 amide bonds. The van der Waals surface area contributed by atoms with Crippen LogP contribution in [0.25, 0.3) is 0 Å². The van der Waals surface area contributed by atoms with E-state index in [1.54, 1.807) is 23.5 Å². The maximum absolute atomic E-state index is 12.8. The van der Waals surface area contributed by atoms with Gasteiger partial charge < -0.3 is 40.5 Å². The Hall–Kier alpha value is -2.80. The van der Waals surface area contributed by atoms with Crippen molar-refractivity contribution in [3.05, 3.63) is 47.5 Å². The third kappa shape index (κ3) is 10.5. The Bertz CT molecular complexity index is 959. The van der Waals surface area contributed by atoms with Crippen molar-refractivity contribution >= 4 is 35.5 Å². The highest BCUT2D eigenvalue weighted by atomic mass is 32.2. The van der Waals surface area contributed by atoms with E-state index in [0.717, 1.165) is 24.3 Å². The van der Waals surface area contributed by atoms with Gasteiger partial charge in [0, 0.05) is 13.1 Å². The van der Waals surface area contributed by atoms with E-state index in [4.69, 9.17) is 9.47 Å². The van der Waals surface area contributed by atoms with Crippen LogP contribution in [0.15, 0.2) is 36.4 Å². The lowest BCUT2D eigenvalue weighted by molar-refractivity contribution is -0.174. The van der Waals surface area contributed by atoms with Crippen molar-refractivity contribution in [2.45, 2.75) is 25.0 Å². The van der Waals surface area contributed by atoms with Gasteiger partial charge in [0.1, 0.15) is 12.2 Å². The summed E-state index contributed by atoms with van der Waals surface area (Å²) in [5.74, 6) is -1.98. The number of thioether (sulfide) groups is 2. The second kappa shape index (κ2) is 16.9. The topological polar surface area (TPSA) is 158 Å². The van der Waals surface area contributed by atoms with E-state index in [2.05, 4.69) is 10.6 Å². The normalized spacial score (nSPS) is 12.6. The van der Waals surface area contributed by atoms with Crippen LogP contribution >= 0.6 is 23.5 Å². The molecule has 0 saturated carbocycles. The summed E-state index contributed by atoms with van der Waals surface area (Å²) in [6, 6.07) is 8.05. The number of phenolic OH excluding ortho intramolecular Hbond substituents is 4. The van der Waals surface area contributed by atoms with Crippen LogP contribution in [0.3, 0.4) is 0 Å². The molecule has 210 valence electrons. The fourth-order valence-corrected chi connectivity index (χ4v) is 4.31. The maximum atomic E-state index is 12.8. The molecule has 6 N–H and O–H groups in total. The molecule has 0 aliphatic carbocycles. The molecule has 0 aliphatic heterocycles. The lowest BCUT2D eigenvalue weighted by atomic mass is 10.1. The summed E-state index contributed by atoms with van der Waals surface area (Å²) in [5, 5.41) is 45.4. The van der Waals surface area contributed by atoms with Crippen molar-refractivity contribution in [3.63, 3.8) is 0 Å². The van der Waals surface area contributed by atoms with Crippen LogP contribution in [0.4, 0.5) is 0 Å². The van der Waals surface area contributed by atoms with Crippen molar-refractivity contribution in [3.8, 4) is 23.0 Å². The van der Waals surface area contributed by atoms with Crippen molar-refractivity contribution < 1.29 is 39.5 Å². The molecule has 0 bridgehead atoms. The number of hydrogen-bond acceptors (Lipinski definition) is 12. The number of carbonyl (C=O) groups is 2. The van der Waals surface area contributed by atoms with Crippen molar-refractivity contribution in [1.82, 2.24) is 10.6 Å². The molecule has 0 saturated heterocycles. The molecular formula is C26H36N2O8S2. The first-order chi connectivity index (χ1) is 18.3. The van der Waals surface area contributed by atoms with Crippen molar-refractivity contribution in [2.75, 3.05) is 50.2 Å². The number of ether oxygens (including phenoxy) is 2. The first-order valence-corrected chi connectivity index (χ1v) is 14.9. The van der Waals surface area contributed by atoms with Crippen LogP contribution in [-0.4, -0.2) is 82.6 Å². The van der Waals surface area contributed by atoms with Gasteiger partial charge in [-0.25, -0.2) is 9.59 Å². The SMILES string of the molecule is CSCCCNCC(OC(=O)C(=O)OC(CNCCCSC)c1ccc(O)c(O)c1)c1ccc(O)c(O)c1. The Morgan fingerprint density at radius 3 is 1.45 bits per heavy atom. The Morgan fingerprint density at radius 2 is 1.11 bits per heavy atom. The van der Waals surface area contributed by atoms with Gasteiger partial charge in [0.25, 0.3) is 0 Å². The standard InChI is InChI=1S/C26H36N2O8S2/c1-37-11-3-9-27-15-23(17-5-7-19(29)21(31)13-17)35-25(33)26(34)36-24(16-28-10-4-12-38-2)18-6-8-20(30)22(32)14-18/h5-8,13-14,23-24,27-32H,3-4,9-12,15-16H2,1-2H3. The van der Waals surface area contributed by atoms with Gasteiger partial charge in [-0.1, -0.05) is 12.1 Å². The second-order valence-corrected chi connectivity index (χ2v) is 10.4. The van der Waals surface area contributed by atoms with Gasteiger partial charge in [0.15, 0.2) is 23.0 Å². The number of hydrogen-bond donors (Lipinski definition) is 6. The summed E-state index contributed by atoms with van der Waals surface area (Å²) < 4.78 is 10.9. The molecule has 2 atom stereocenters. The highest BCUT2D eigenvalue weighted by Crippen LogP contribution is 2.31. The molecule has 0 heterocycles. The minimum absolute atomic E-state index is 0.171. The molecule has 12 heteroatoms. The van der Waals surface area contributed by atoms with E-state index in [0.29, 0.717) is 24.2 Å². The summed E-state index contributed by atoms with van der Waals surface area (Å²) in [7, 11) is 0. The van der Waals surface area contributed by atoms with Gasteiger partial charge in [0.05, 0.1) is 0 Å². The van der Waals surface area contributed by atoms with Gasteiger partial charge in [-0.15, -0.1) is 0 Å². The predicted molar refractivity (Wildman–Crippen MR) is 149 cm³/mol. The van der Waals surface area contributed by atoms with Crippen molar-refractivity contribution in [2.24, 2.45) is 0 Å². The van der Waals surface area contributed by atoms with E-state index < -0.39 is 24.1 Å². The number of phenols is 4. The number of benzene rings is 2. The number of rotatable bonds is 16. The summed E-state index contributed by atoms with van der Waals surface area (Å²) in [6.45, 7) is 1.64. The van der Waals surface area contributed by atoms with Crippen LogP contribution in [0.1, 0.15) is 36.2 Å². The van der Waals surface area contributed by atoms with Gasteiger partial charge in [-0.05, 0) is 85.3 Å². The minimum atomic E-state index is -1.23. The molecule has 2 aromatic rings. The van der Waals surface area contributed by atoms with Gasteiger partial charge in [0.2, 0.25) is 0 Å². The smallest absolute Gasteiger partial charge is 0.418 e. The highest BCUT2D eigenvalue weighted by Gasteiger charge is 2.28. The third-order valence-electron chi connectivity index (χ3n) is 5.47. The molecule has 0 aromatic heterocycles. The van der Waals surface area contributed by atoms with E-state index in [-0.39, 0.29) is 36.1 Å². The molecule has 0 spiro atoms. The van der Waals surface area contributed by atoms with E-state index in [1.807, 2.05) is 12.5 Å². The first kappa shape index (κ1) is 31.4. The third-order valence-corrected chi connectivity index (χ3v) is 6.87. The molecule has 38 heavy (non-hydrogen) atoms. The molecule has 2 rings (SSSR count). The monoisotopic (exact) mass is 568 g/mol. The lowest BCUT2D eigenvalue weighted by Crippen LogP contribution is -2.32. The first-order valence-electron chi connectivity index (χ1n) is 12.1. The van der Waals surface area contributed by atoms with Gasteiger partial charge >= 0.3 is 11.9 Å². The number of esters is 2. The molecule has 2 unspecified atom stereocenters. The Morgan fingerprint density at radius 1 is 0.711 bits per heavy atom. The number of carbonyl (C=O) groups excluding carboxylic acids is 2. The quantitative estimate of drug-likeness (QED) is 0.0762. The lowest BCUT2D eigenvalue weighted by Gasteiger charge is -2.21. The fraction of sp³-hybridized carbons (Fsp3) is 0.462. The Labute approximate surface area is 231 Å². The minimum Gasteiger partial charge on any atom is -0.504 e. The molecule has 2 aromatic carbocycles. The summed E-state index contributed by atoms with van der Waals surface area (Å²) in [5.41, 5.74) is 0.767. The number of nitrogens with one attached hydrogen (secondary N) is 2. The Kier molecular flexibility index (Phi) is 14.0. The number of aromatic hydroxyl groups is 4.